The van der Waals surface area contributed by atoms with Gasteiger partial charge in [-0.2, -0.15) is 10.2 Å². The molecular weight excluding hydrogens is 464 g/mol. The number of carbonyl (C=O) groups is 2. The Morgan fingerprint density at radius 2 is 1.65 bits per heavy atom. The van der Waals surface area contributed by atoms with Crippen LogP contribution in [0.2, 0.25) is 0 Å². The number of rotatable bonds is 6. The molecule has 0 spiro atoms. The van der Waals surface area contributed by atoms with Crippen LogP contribution < -0.4 is 5.43 Å². The van der Waals surface area contributed by atoms with E-state index in [9.17, 15) is 9.59 Å². The number of nitrogens with one attached hydrogen (secondary N) is 1. The number of hydrogen-bond donors (Lipinski definition) is 1. The van der Waals surface area contributed by atoms with E-state index in [1.54, 1.807) is 35.0 Å². The van der Waals surface area contributed by atoms with Gasteiger partial charge in [0.1, 0.15) is 0 Å². The van der Waals surface area contributed by atoms with Crippen LogP contribution in [0.5, 0.6) is 0 Å². The lowest BCUT2D eigenvalue weighted by Crippen LogP contribution is -2.18. The summed E-state index contributed by atoms with van der Waals surface area (Å²) in [5.74, 6) is -0.849. The molecule has 1 N–H and O–H groups in total. The molecular formula is C30H24N4O3. The summed E-state index contributed by atoms with van der Waals surface area (Å²) in [4.78, 5) is 24.6. The Hall–Kier alpha value is -5.04. The molecule has 0 saturated carbocycles. The standard InChI is InChI=1S/C30H24N4O3/c1-20-10-16-24(17-11-20)34-28(26-9-5-7-22-6-3-4-8-25(22)26)18-27(33-34)29(35)32-31-19-21-12-14-23(15-13-21)30(36)37-2/h3-19H,1-2H3,(H,32,35)/b31-19-. The first-order valence-corrected chi connectivity index (χ1v) is 11.7. The van der Waals surface area contributed by atoms with E-state index in [1.165, 1.54) is 13.3 Å². The van der Waals surface area contributed by atoms with Crippen LogP contribution in [0.3, 0.4) is 0 Å². The Balaban J connectivity index is 1.46. The zero-order chi connectivity index (χ0) is 25.8. The minimum absolute atomic E-state index is 0.238. The van der Waals surface area contributed by atoms with Gasteiger partial charge in [0.25, 0.3) is 5.91 Å². The SMILES string of the molecule is COC(=O)c1ccc(/C=N\NC(=O)c2cc(-c3cccc4ccccc34)n(-c3ccc(C)cc3)n2)cc1. The molecule has 37 heavy (non-hydrogen) atoms. The van der Waals surface area contributed by atoms with Crippen molar-refractivity contribution in [2.24, 2.45) is 5.10 Å². The molecule has 5 aromatic rings. The van der Waals surface area contributed by atoms with Crippen molar-refractivity contribution in [2.75, 3.05) is 7.11 Å². The number of esters is 1. The summed E-state index contributed by atoms with van der Waals surface area (Å²) in [6.45, 7) is 2.03. The van der Waals surface area contributed by atoms with Crippen LogP contribution in [0.1, 0.15) is 32.0 Å². The molecule has 0 atom stereocenters. The van der Waals surface area contributed by atoms with Crippen molar-refractivity contribution in [3.05, 3.63) is 119 Å². The van der Waals surface area contributed by atoms with Crippen LogP contribution in [-0.2, 0) is 4.74 Å². The van der Waals surface area contributed by atoms with Crippen molar-refractivity contribution in [3.8, 4) is 16.9 Å². The summed E-state index contributed by atoms with van der Waals surface area (Å²) < 4.78 is 6.49. The number of carbonyl (C=O) groups excluding carboxylic acids is 2. The van der Waals surface area contributed by atoms with Gasteiger partial charge in [0.15, 0.2) is 5.69 Å². The van der Waals surface area contributed by atoms with Gasteiger partial charge in [-0.3, -0.25) is 4.79 Å². The van der Waals surface area contributed by atoms with E-state index < -0.39 is 11.9 Å². The highest BCUT2D eigenvalue weighted by molar-refractivity contribution is 5.99. The molecule has 0 saturated heterocycles. The molecule has 7 nitrogen and oxygen atoms in total. The molecule has 0 aliphatic rings. The van der Waals surface area contributed by atoms with Gasteiger partial charge in [-0.1, -0.05) is 72.3 Å². The lowest BCUT2D eigenvalue weighted by Gasteiger charge is -2.10. The van der Waals surface area contributed by atoms with E-state index >= 15 is 0 Å². The van der Waals surface area contributed by atoms with Gasteiger partial charge < -0.3 is 4.74 Å². The number of aromatic nitrogens is 2. The number of hydrazone groups is 1. The number of hydrogen-bond acceptors (Lipinski definition) is 5. The number of ether oxygens (including phenoxy) is 1. The summed E-state index contributed by atoms with van der Waals surface area (Å²) in [7, 11) is 1.33. The van der Waals surface area contributed by atoms with Gasteiger partial charge in [0.2, 0.25) is 0 Å². The molecule has 0 aliphatic carbocycles. The number of aryl methyl sites for hydroxylation is 1. The lowest BCUT2D eigenvalue weighted by molar-refractivity contribution is 0.0600. The third-order valence-electron chi connectivity index (χ3n) is 6.00. The molecule has 7 heteroatoms. The Bertz CT molecular complexity index is 1610. The van der Waals surface area contributed by atoms with Crippen molar-refractivity contribution in [2.45, 2.75) is 6.92 Å². The van der Waals surface area contributed by atoms with Crippen molar-refractivity contribution >= 4 is 28.9 Å². The monoisotopic (exact) mass is 488 g/mol. The summed E-state index contributed by atoms with van der Waals surface area (Å²) in [6.07, 6.45) is 1.50. The van der Waals surface area contributed by atoms with E-state index in [-0.39, 0.29) is 5.69 Å². The first kappa shape index (κ1) is 23.7. The molecule has 1 amide bonds. The van der Waals surface area contributed by atoms with Gasteiger partial charge >= 0.3 is 5.97 Å². The number of benzene rings is 4. The molecule has 182 valence electrons. The van der Waals surface area contributed by atoms with Crippen molar-refractivity contribution in [1.82, 2.24) is 15.2 Å². The number of methoxy groups -OCH3 is 1. The topological polar surface area (TPSA) is 85.6 Å². The zero-order valence-corrected chi connectivity index (χ0v) is 20.4. The molecule has 1 heterocycles. The second kappa shape index (κ2) is 10.3. The fraction of sp³-hybridized carbons (Fsp3) is 0.0667. The van der Waals surface area contributed by atoms with E-state index in [2.05, 4.69) is 33.8 Å². The molecule has 0 radical (unpaired) electrons. The van der Waals surface area contributed by atoms with Crippen molar-refractivity contribution < 1.29 is 14.3 Å². The van der Waals surface area contributed by atoms with Crippen LogP contribution in [0, 0.1) is 6.92 Å². The van der Waals surface area contributed by atoms with Crippen LogP contribution >= 0.6 is 0 Å². The quantitative estimate of drug-likeness (QED) is 0.193. The largest absolute Gasteiger partial charge is 0.465 e. The molecule has 1 aromatic heterocycles. The summed E-state index contributed by atoms with van der Waals surface area (Å²) >= 11 is 0. The maximum absolute atomic E-state index is 13.0. The highest BCUT2D eigenvalue weighted by atomic mass is 16.5. The Morgan fingerprint density at radius 1 is 0.919 bits per heavy atom. The second-order valence-corrected chi connectivity index (χ2v) is 8.50. The predicted molar refractivity (Wildman–Crippen MR) is 144 cm³/mol. The van der Waals surface area contributed by atoms with Crippen LogP contribution in [-0.4, -0.2) is 35.0 Å². The average molecular weight is 489 g/mol. The first-order valence-electron chi connectivity index (χ1n) is 11.7. The minimum atomic E-state index is -0.435. The third kappa shape index (κ3) is 5.01. The highest BCUT2D eigenvalue weighted by Crippen LogP contribution is 2.31. The summed E-state index contributed by atoms with van der Waals surface area (Å²) in [5.41, 5.74) is 7.69. The van der Waals surface area contributed by atoms with Gasteiger partial charge in [0.05, 0.1) is 30.3 Å². The van der Waals surface area contributed by atoms with Crippen molar-refractivity contribution in [1.29, 1.82) is 0 Å². The molecule has 4 aromatic carbocycles. The van der Waals surface area contributed by atoms with E-state index in [0.29, 0.717) is 5.56 Å². The fourth-order valence-corrected chi connectivity index (χ4v) is 4.06. The maximum atomic E-state index is 13.0. The summed E-state index contributed by atoms with van der Waals surface area (Å²) in [5, 5.41) is 10.9. The molecule has 0 aliphatic heterocycles. The minimum Gasteiger partial charge on any atom is -0.465 e. The number of fused-ring (bicyclic) bond motifs is 1. The molecule has 0 unspecified atom stereocenters. The van der Waals surface area contributed by atoms with Crippen LogP contribution in [0.15, 0.2) is 102 Å². The molecule has 0 bridgehead atoms. The normalized spacial score (nSPS) is 11.1. The van der Waals surface area contributed by atoms with Gasteiger partial charge in [0, 0.05) is 5.56 Å². The summed E-state index contributed by atoms with van der Waals surface area (Å²) in [6, 6.07) is 30.7. The van der Waals surface area contributed by atoms with E-state index in [1.807, 2.05) is 55.5 Å². The number of amides is 1. The zero-order valence-electron chi connectivity index (χ0n) is 20.4. The predicted octanol–water partition coefficient (Wildman–Crippen LogP) is 5.55. The van der Waals surface area contributed by atoms with Gasteiger partial charge in [-0.15, -0.1) is 0 Å². The fourth-order valence-electron chi connectivity index (χ4n) is 4.06. The Kier molecular flexibility index (Phi) is 6.59. The average Bonchev–Trinajstić information content (AvgIpc) is 3.38. The van der Waals surface area contributed by atoms with Crippen LogP contribution in [0.25, 0.3) is 27.7 Å². The lowest BCUT2D eigenvalue weighted by atomic mass is 10.0. The Morgan fingerprint density at radius 3 is 2.41 bits per heavy atom. The molecule has 5 rings (SSSR count). The smallest absolute Gasteiger partial charge is 0.337 e. The van der Waals surface area contributed by atoms with Gasteiger partial charge in [-0.25, -0.2) is 14.9 Å². The maximum Gasteiger partial charge on any atom is 0.337 e. The van der Waals surface area contributed by atoms with Crippen molar-refractivity contribution in [3.63, 3.8) is 0 Å². The van der Waals surface area contributed by atoms with Gasteiger partial charge in [-0.05, 0) is 53.6 Å². The Labute approximate surface area is 214 Å². The van der Waals surface area contributed by atoms with E-state index in [0.717, 1.165) is 38.8 Å². The first-order chi connectivity index (χ1) is 18.0. The third-order valence-corrected chi connectivity index (χ3v) is 6.00. The van der Waals surface area contributed by atoms with Crippen LogP contribution in [0.4, 0.5) is 0 Å². The second-order valence-electron chi connectivity index (χ2n) is 8.50. The molecule has 0 fully saturated rings. The van der Waals surface area contributed by atoms with E-state index in [4.69, 9.17) is 4.74 Å². The highest BCUT2D eigenvalue weighted by Gasteiger charge is 2.18. The number of nitrogens with zero attached hydrogens (tertiary/aromatic N) is 3.